The molecule has 0 saturated heterocycles. The highest BCUT2D eigenvalue weighted by Gasteiger charge is 2.18. The molecular weight excluding hydrogens is 679 g/mol. The normalized spacial score (nSPS) is 11.2. The van der Waals surface area contributed by atoms with Crippen LogP contribution in [0.25, 0.3) is 77.6 Å². The molecular formula is C54H37NO. The van der Waals surface area contributed by atoms with Gasteiger partial charge >= 0.3 is 0 Å². The van der Waals surface area contributed by atoms with Crippen molar-refractivity contribution >= 4 is 39.0 Å². The number of nitrogens with zero attached hydrogens (tertiary/aromatic N) is 1. The van der Waals surface area contributed by atoms with Gasteiger partial charge in [-0.05, 0) is 116 Å². The van der Waals surface area contributed by atoms with Crippen LogP contribution < -0.4 is 4.90 Å². The van der Waals surface area contributed by atoms with Crippen LogP contribution >= 0.6 is 0 Å². The first-order valence-corrected chi connectivity index (χ1v) is 19.1. The van der Waals surface area contributed by atoms with Crippen molar-refractivity contribution in [1.82, 2.24) is 0 Å². The summed E-state index contributed by atoms with van der Waals surface area (Å²) in [5.41, 5.74) is 16.7. The summed E-state index contributed by atoms with van der Waals surface area (Å²) in [5.74, 6) is 0. The predicted octanol–water partition coefficient (Wildman–Crippen LogP) is 15.4. The lowest BCUT2D eigenvalue weighted by molar-refractivity contribution is 0.669. The molecule has 0 saturated carbocycles. The smallest absolute Gasteiger partial charge is 0.136 e. The van der Waals surface area contributed by atoms with E-state index in [1.54, 1.807) is 0 Å². The Kier molecular flexibility index (Phi) is 8.55. The van der Waals surface area contributed by atoms with Crippen LogP contribution in [0.3, 0.4) is 0 Å². The topological polar surface area (TPSA) is 16.4 Å². The van der Waals surface area contributed by atoms with E-state index >= 15 is 0 Å². The average Bonchev–Trinajstić information content (AvgIpc) is 3.65. The minimum Gasteiger partial charge on any atom is -0.456 e. The number of fused-ring (bicyclic) bond motifs is 3. The first-order chi connectivity index (χ1) is 27.7. The third-order valence-corrected chi connectivity index (χ3v) is 10.7. The zero-order chi connectivity index (χ0) is 37.3. The predicted molar refractivity (Wildman–Crippen MR) is 236 cm³/mol. The van der Waals surface area contributed by atoms with Gasteiger partial charge in [0.2, 0.25) is 0 Å². The molecule has 1 aromatic heterocycles. The average molecular weight is 716 g/mol. The summed E-state index contributed by atoms with van der Waals surface area (Å²) < 4.78 is 6.57. The summed E-state index contributed by atoms with van der Waals surface area (Å²) in [4.78, 5) is 2.35. The molecule has 0 bridgehead atoms. The van der Waals surface area contributed by atoms with E-state index in [0.717, 1.165) is 66.8 Å². The molecule has 2 heteroatoms. The molecule has 0 spiro atoms. The minimum atomic E-state index is 0.879. The summed E-state index contributed by atoms with van der Waals surface area (Å²) >= 11 is 0. The number of hydrogen-bond acceptors (Lipinski definition) is 2. The van der Waals surface area contributed by atoms with Crippen molar-refractivity contribution in [2.75, 3.05) is 4.90 Å². The number of furan rings is 1. The summed E-state index contributed by atoms with van der Waals surface area (Å²) in [7, 11) is 0. The molecule has 0 aliphatic rings. The quantitative estimate of drug-likeness (QED) is 0.156. The van der Waals surface area contributed by atoms with Crippen LogP contribution in [0.15, 0.2) is 229 Å². The van der Waals surface area contributed by atoms with Crippen molar-refractivity contribution in [2.24, 2.45) is 0 Å². The van der Waals surface area contributed by atoms with E-state index in [9.17, 15) is 0 Å². The lowest BCUT2D eigenvalue weighted by Crippen LogP contribution is -2.10. The van der Waals surface area contributed by atoms with Gasteiger partial charge in [0.25, 0.3) is 0 Å². The van der Waals surface area contributed by atoms with Crippen molar-refractivity contribution in [3.05, 3.63) is 224 Å². The van der Waals surface area contributed by atoms with Gasteiger partial charge in [-0.3, -0.25) is 0 Å². The van der Waals surface area contributed by atoms with E-state index in [4.69, 9.17) is 4.42 Å². The van der Waals surface area contributed by atoms with Gasteiger partial charge in [-0.1, -0.05) is 164 Å². The van der Waals surface area contributed by atoms with Gasteiger partial charge in [0, 0.05) is 27.8 Å². The Labute approximate surface area is 327 Å². The van der Waals surface area contributed by atoms with Crippen LogP contribution in [-0.4, -0.2) is 0 Å². The van der Waals surface area contributed by atoms with E-state index in [0.29, 0.717) is 0 Å². The monoisotopic (exact) mass is 715 g/mol. The highest BCUT2D eigenvalue weighted by atomic mass is 16.3. The van der Waals surface area contributed by atoms with Gasteiger partial charge in [-0.25, -0.2) is 0 Å². The van der Waals surface area contributed by atoms with Crippen molar-refractivity contribution < 1.29 is 4.42 Å². The summed E-state index contributed by atoms with van der Waals surface area (Å²) in [6.07, 6.45) is 0. The van der Waals surface area contributed by atoms with Gasteiger partial charge in [0.1, 0.15) is 11.2 Å². The molecule has 56 heavy (non-hydrogen) atoms. The van der Waals surface area contributed by atoms with Gasteiger partial charge < -0.3 is 9.32 Å². The van der Waals surface area contributed by atoms with Crippen molar-refractivity contribution in [3.8, 4) is 55.6 Å². The molecule has 0 amide bonds. The number of hydrogen-bond donors (Lipinski definition) is 0. The maximum absolute atomic E-state index is 6.57. The molecule has 0 unspecified atom stereocenters. The molecule has 0 aliphatic heterocycles. The Hall–Kier alpha value is -7.42. The highest BCUT2D eigenvalue weighted by Crippen LogP contribution is 2.43. The third-order valence-electron chi connectivity index (χ3n) is 10.7. The van der Waals surface area contributed by atoms with Crippen LogP contribution in [-0.2, 0) is 0 Å². The molecule has 0 atom stereocenters. The molecule has 0 fully saturated rings. The van der Waals surface area contributed by atoms with Gasteiger partial charge in [-0.15, -0.1) is 0 Å². The van der Waals surface area contributed by atoms with Crippen LogP contribution in [0.4, 0.5) is 17.1 Å². The SMILES string of the molecule is c1ccc(-c2ccc(N(c3ccc(-c4ccccc4)cc3)c3ccc(-c4ccc5c(c4)oc4cc(-c6ccccc6)ccc45)c(-c4ccccc4)c3)cc2)cc1. The largest absolute Gasteiger partial charge is 0.456 e. The van der Waals surface area contributed by atoms with Crippen LogP contribution in [0.1, 0.15) is 0 Å². The van der Waals surface area contributed by atoms with Crippen molar-refractivity contribution in [1.29, 1.82) is 0 Å². The van der Waals surface area contributed by atoms with E-state index in [-0.39, 0.29) is 0 Å². The fourth-order valence-corrected chi connectivity index (χ4v) is 7.85. The number of anilines is 3. The van der Waals surface area contributed by atoms with E-state index in [1.165, 1.54) is 27.8 Å². The van der Waals surface area contributed by atoms with Gasteiger partial charge in [-0.2, -0.15) is 0 Å². The molecule has 10 aromatic rings. The lowest BCUT2D eigenvalue weighted by Gasteiger charge is -2.27. The zero-order valence-corrected chi connectivity index (χ0v) is 30.7. The Morgan fingerprint density at radius 3 is 1.12 bits per heavy atom. The van der Waals surface area contributed by atoms with Crippen LogP contribution in [0.5, 0.6) is 0 Å². The van der Waals surface area contributed by atoms with Gasteiger partial charge in [0.15, 0.2) is 0 Å². The standard InChI is InChI=1S/C54H37NO/c1-5-13-38(14-6-1)41-21-27-46(28-22-41)55(47-29-23-42(24-30-47)39-15-7-2-8-16-39)48-31-34-49(52(37-48)43-19-11-4-12-20-43)45-26-33-51-50-32-25-44(40-17-9-3-10-18-40)35-53(50)56-54(51)36-45/h1-37H. The Morgan fingerprint density at radius 1 is 0.250 bits per heavy atom. The maximum Gasteiger partial charge on any atom is 0.136 e. The molecule has 10 rings (SSSR count). The van der Waals surface area contributed by atoms with Crippen molar-refractivity contribution in [3.63, 3.8) is 0 Å². The summed E-state index contributed by atoms with van der Waals surface area (Å²) in [6.45, 7) is 0. The fourth-order valence-electron chi connectivity index (χ4n) is 7.85. The zero-order valence-electron chi connectivity index (χ0n) is 30.7. The second-order valence-electron chi connectivity index (χ2n) is 14.1. The summed E-state index contributed by atoms with van der Waals surface area (Å²) in [5, 5.41) is 2.24. The van der Waals surface area contributed by atoms with Crippen LogP contribution in [0, 0.1) is 0 Å². The van der Waals surface area contributed by atoms with Crippen LogP contribution in [0.2, 0.25) is 0 Å². The van der Waals surface area contributed by atoms with E-state index in [1.807, 2.05) is 6.07 Å². The summed E-state index contributed by atoms with van der Waals surface area (Å²) in [6, 6.07) is 80.0. The minimum absolute atomic E-state index is 0.879. The fraction of sp³-hybridized carbons (Fsp3) is 0. The molecule has 0 radical (unpaired) electrons. The first-order valence-electron chi connectivity index (χ1n) is 19.1. The maximum atomic E-state index is 6.57. The molecule has 2 nitrogen and oxygen atoms in total. The Balaban J connectivity index is 1.09. The van der Waals surface area contributed by atoms with Gasteiger partial charge in [0.05, 0.1) is 0 Å². The molecule has 264 valence electrons. The molecule has 9 aromatic carbocycles. The van der Waals surface area contributed by atoms with E-state index < -0.39 is 0 Å². The second-order valence-corrected chi connectivity index (χ2v) is 14.1. The Bertz CT molecular complexity index is 2830. The first kappa shape index (κ1) is 33.2. The number of rotatable bonds is 8. The highest BCUT2D eigenvalue weighted by molar-refractivity contribution is 6.07. The van der Waals surface area contributed by atoms with E-state index in [2.05, 4.69) is 223 Å². The number of benzene rings is 9. The second kappa shape index (κ2) is 14.4. The molecule has 1 heterocycles. The molecule has 0 N–H and O–H groups in total. The van der Waals surface area contributed by atoms with Crippen molar-refractivity contribution in [2.45, 2.75) is 0 Å². The Morgan fingerprint density at radius 2 is 0.625 bits per heavy atom. The third kappa shape index (κ3) is 6.34. The molecule has 0 aliphatic carbocycles. The lowest BCUT2D eigenvalue weighted by atomic mass is 9.93.